The second-order valence-electron chi connectivity index (χ2n) is 7.27. The lowest BCUT2D eigenvalue weighted by Crippen LogP contribution is -2.42. The number of hydrogen-bond donors (Lipinski definition) is 0. The van der Waals surface area contributed by atoms with E-state index in [1.54, 1.807) is 11.8 Å². The number of carbonyl (C=O) groups excluding carboxylic acids is 1. The summed E-state index contributed by atoms with van der Waals surface area (Å²) in [5.41, 5.74) is 0.624. The Hall–Kier alpha value is -2.00. The third-order valence-electron chi connectivity index (χ3n) is 4.99. The lowest BCUT2D eigenvalue weighted by molar-refractivity contribution is 0.0685. The minimum atomic E-state index is -3.06. The Morgan fingerprint density at radius 3 is 2.57 bits per heavy atom. The summed E-state index contributed by atoms with van der Waals surface area (Å²) in [5.74, 6) is 0.255. The summed E-state index contributed by atoms with van der Waals surface area (Å²) in [7, 11) is -3.06. The van der Waals surface area contributed by atoms with Crippen LogP contribution >= 0.6 is 11.3 Å². The number of carbonyl (C=O) groups is 1. The van der Waals surface area contributed by atoms with E-state index in [0.29, 0.717) is 27.7 Å². The van der Waals surface area contributed by atoms with Crippen LogP contribution in [0.2, 0.25) is 0 Å². The highest BCUT2D eigenvalue weighted by molar-refractivity contribution is 7.91. The number of halogens is 1. The highest BCUT2D eigenvalue weighted by Crippen LogP contribution is 2.35. The summed E-state index contributed by atoms with van der Waals surface area (Å²) < 4.78 is 42.3. The fourth-order valence-corrected chi connectivity index (χ4v) is 6.12. The molecule has 1 saturated carbocycles. The van der Waals surface area contributed by atoms with Crippen molar-refractivity contribution in [2.24, 2.45) is 0 Å². The van der Waals surface area contributed by atoms with Crippen molar-refractivity contribution >= 4 is 27.1 Å². The number of thiazole rings is 1. The molecule has 2 heterocycles. The van der Waals surface area contributed by atoms with Crippen LogP contribution in [0.15, 0.2) is 24.3 Å². The van der Waals surface area contributed by atoms with E-state index < -0.39 is 9.84 Å². The smallest absolute Gasteiger partial charge is 0.266 e. The maximum atomic E-state index is 13.2. The fourth-order valence-electron chi connectivity index (χ4n) is 3.48. The maximum Gasteiger partial charge on any atom is 0.266 e. The molecule has 1 saturated heterocycles. The first-order chi connectivity index (χ1) is 13.3. The van der Waals surface area contributed by atoms with Crippen LogP contribution in [0.4, 0.5) is 4.39 Å². The summed E-state index contributed by atoms with van der Waals surface area (Å²) in [6, 6.07) is 5.60. The van der Waals surface area contributed by atoms with E-state index in [0.717, 1.165) is 12.8 Å². The molecule has 9 heteroatoms. The summed E-state index contributed by atoms with van der Waals surface area (Å²) in [4.78, 5) is 19.9. The highest BCUT2D eigenvalue weighted by atomic mass is 32.2. The number of ether oxygens (including phenoxy) is 1. The Bertz CT molecular complexity index is 984. The van der Waals surface area contributed by atoms with Gasteiger partial charge in [-0.05, 0) is 50.5 Å². The van der Waals surface area contributed by atoms with Gasteiger partial charge < -0.3 is 9.64 Å². The zero-order valence-electron chi connectivity index (χ0n) is 15.4. The molecule has 1 aromatic carbocycles. The monoisotopic (exact) mass is 424 g/mol. The van der Waals surface area contributed by atoms with Gasteiger partial charge in [-0.3, -0.25) is 4.79 Å². The largest absolute Gasteiger partial charge is 0.486 e. The van der Waals surface area contributed by atoms with Gasteiger partial charge in [0.15, 0.2) is 9.84 Å². The van der Waals surface area contributed by atoms with E-state index >= 15 is 0 Å². The molecule has 150 valence electrons. The molecule has 0 radical (unpaired) electrons. The maximum absolute atomic E-state index is 13.2. The Morgan fingerprint density at radius 2 is 1.96 bits per heavy atom. The van der Waals surface area contributed by atoms with E-state index in [2.05, 4.69) is 4.98 Å². The third-order valence-corrected chi connectivity index (χ3v) is 7.86. The number of aryl methyl sites for hydroxylation is 1. The van der Waals surface area contributed by atoms with Crippen molar-refractivity contribution in [3.8, 4) is 5.75 Å². The van der Waals surface area contributed by atoms with E-state index in [1.165, 1.54) is 35.6 Å². The third kappa shape index (κ3) is 4.20. The number of sulfone groups is 1. The molecule has 1 atom stereocenters. The van der Waals surface area contributed by atoms with Gasteiger partial charge in [0.05, 0.1) is 17.2 Å². The summed E-state index contributed by atoms with van der Waals surface area (Å²) in [6.45, 7) is 1.97. The van der Waals surface area contributed by atoms with Gasteiger partial charge in [-0.2, -0.15) is 0 Å². The predicted molar refractivity (Wildman–Crippen MR) is 104 cm³/mol. The van der Waals surface area contributed by atoms with E-state index in [9.17, 15) is 17.6 Å². The van der Waals surface area contributed by atoms with Gasteiger partial charge in [0, 0.05) is 12.1 Å². The lowest BCUT2D eigenvalue weighted by Gasteiger charge is -2.28. The second-order valence-corrected chi connectivity index (χ2v) is 10.6. The molecule has 1 unspecified atom stereocenters. The van der Waals surface area contributed by atoms with Crippen LogP contribution < -0.4 is 4.74 Å². The molecular weight excluding hydrogens is 403 g/mol. The number of hydrogen-bond acceptors (Lipinski definition) is 6. The van der Waals surface area contributed by atoms with E-state index in [4.69, 9.17) is 4.74 Å². The fraction of sp³-hybridized carbons (Fsp3) is 0.474. The molecule has 28 heavy (non-hydrogen) atoms. The van der Waals surface area contributed by atoms with Crippen molar-refractivity contribution in [1.82, 2.24) is 9.88 Å². The van der Waals surface area contributed by atoms with Gasteiger partial charge in [0.25, 0.3) is 5.91 Å². The van der Waals surface area contributed by atoms with Gasteiger partial charge in [-0.15, -0.1) is 11.3 Å². The Labute approximate surface area is 167 Å². The number of aromatic nitrogens is 1. The molecule has 1 aliphatic heterocycles. The molecule has 1 amide bonds. The molecule has 0 spiro atoms. The molecule has 1 aliphatic carbocycles. The molecule has 2 fully saturated rings. The van der Waals surface area contributed by atoms with Gasteiger partial charge in [0.1, 0.15) is 28.1 Å². The first-order valence-electron chi connectivity index (χ1n) is 9.20. The normalized spacial score (nSPS) is 20.9. The van der Waals surface area contributed by atoms with Crippen LogP contribution in [0.5, 0.6) is 5.75 Å². The minimum Gasteiger partial charge on any atom is -0.486 e. The van der Waals surface area contributed by atoms with Crippen LogP contribution in [0.3, 0.4) is 0 Å². The number of amides is 1. The zero-order chi connectivity index (χ0) is 19.9. The van der Waals surface area contributed by atoms with Crippen LogP contribution in [0, 0.1) is 12.7 Å². The minimum absolute atomic E-state index is 0.0492. The number of benzene rings is 1. The zero-order valence-corrected chi connectivity index (χ0v) is 17.1. The molecule has 4 rings (SSSR count). The van der Waals surface area contributed by atoms with Crippen LogP contribution in [0.1, 0.15) is 39.6 Å². The van der Waals surface area contributed by atoms with Crippen molar-refractivity contribution in [1.29, 1.82) is 0 Å². The standard InChI is InChI=1S/C19H21FN2O4S2/c1-12-18(27-17(21-12)10-26-16-6-2-13(20)3-7-16)19(23)22(14-4-5-14)15-8-9-28(24,25)11-15/h2-3,6-7,14-15H,4-5,8-11H2,1H3. The van der Waals surface area contributed by atoms with Gasteiger partial charge in [-0.25, -0.2) is 17.8 Å². The predicted octanol–water partition coefficient (Wildman–Crippen LogP) is 2.96. The highest BCUT2D eigenvalue weighted by Gasteiger charge is 2.43. The van der Waals surface area contributed by atoms with Crippen LogP contribution in [0.25, 0.3) is 0 Å². The van der Waals surface area contributed by atoms with Gasteiger partial charge >= 0.3 is 0 Å². The number of rotatable bonds is 6. The Morgan fingerprint density at radius 1 is 1.25 bits per heavy atom. The SMILES string of the molecule is Cc1nc(COc2ccc(F)cc2)sc1C(=O)N(C1CC1)C1CCS(=O)(=O)C1. The van der Waals surface area contributed by atoms with Crippen LogP contribution in [-0.2, 0) is 16.4 Å². The summed E-state index contributed by atoms with van der Waals surface area (Å²) in [5, 5.41) is 0.653. The second kappa shape index (κ2) is 7.44. The first-order valence-corrected chi connectivity index (χ1v) is 11.8. The topological polar surface area (TPSA) is 76.6 Å². The van der Waals surface area contributed by atoms with E-state index in [-0.39, 0.29) is 41.9 Å². The molecule has 2 aromatic rings. The van der Waals surface area contributed by atoms with E-state index in [1.807, 2.05) is 0 Å². The molecule has 0 N–H and O–H groups in total. The molecule has 6 nitrogen and oxygen atoms in total. The molecule has 1 aromatic heterocycles. The summed E-state index contributed by atoms with van der Waals surface area (Å²) in [6.07, 6.45) is 2.34. The van der Waals surface area contributed by atoms with Crippen molar-refractivity contribution in [3.63, 3.8) is 0 Å². The van der Waals surface area contributed by atoms with Crippen molar-refractivity contribution in [3.05, 3.63) is 45.7 Å². The van der Waals surface area contributed by atoms with Crippen molar-refractivity contribution in [2.75, 3.05) is 11.5 Å². The Kier molecular flexibility index (Phi) is 5.13. The van der Waals surface area contributed by atoms with Crippen LogP contribution in [-0.4, -0.2) is 47.8 Å². The quantitative estimate of drug-likeness (QED) is 0.713. The Balaban J connectivity index is 1.48. The van der Waals surface area contributed by atoms with Gasteiger partial charge in [-0.1, -0.05) is 0 Å². The molecule has 0 bridgehead atoms. The summed E-state index contributed by atoms with van der Waals surface area (Å²) >= 11 is 1.27. The molecular formula is C19H21FN2O4S2. The lowest BCUT2D eigenvalue weighted by atomic mass is 10.2. The first kappa shape index (κ1) is 19.3. The molecule has 2 aliphatic rings. The average molecular weight is 425 g/mol. The van der Waals surface area contributed by atoms with Crippen molar-refractivity contribution < 1.29 is 22.3 Å². The van der Waals surface area contributed by atoms with Gasteiger partial charge in [0.2, 0.25) is 0 Å². The average Bonchev–Trinajstić information content (AvgIpc) is 3.31. The number of nitrogens with zero attached hydrogens (tertiary/aromatic N) is 2. The van der Waals surface area contributed by atoms with Crippen molar-refractivity contribution in [2.45, 2.75) is 44.9 Å².